The fourth-order valence-electron chi connectivity index (χ4n) is 6.34. The van der Waals surface area contributed by atoms with Crippen LogP contribution >= 0.6 is 0 Å². The third-order valence-corrected chi connectivity index (χ3v) is 10.3. The van der Waals surface area contributed by atoms with Gasteiger partial charge in [-0.15, -0.1) is 0 Å². The highest BCUT2D eigenvalue weighted by atomic mass is 32.2. The van der Waals surface area contributed by atoms with E-state index >= 15 is 0 Å². The smallest absolute Gasteiger partial charge is 0.257 e. The molecule has 6 rings (SSSR count). The van der Waals surface area contributed by atoms with Crippen molar-refractivity contribution in [3.8, 4) is 5.75 Å². The second-order valence-electron chi connectivity index (χ2n) is 12.1. The molecule has 2 saturated heterocycles. The van der Waals surface area contributed by atoms with Crippen LogP contribution in [0.3, 0.4) is 0 Å². The zero-order chi connectivity index (χ0) is 29.5. The number of hydrogen-bond acceptors (Lipinski definition) is 7. The van der Waals surface area contributed by atoms with Gasteiger partial charge in [-0.05, 0) is 79.8 Å². The van der Waals surface area contributed by atoms with Crippen molar-refractivity contribution in [1.29, 1.82) is 0 Å². The van der Waals surface area contributed by atoms with Gasteiger partial charge in [0.25, 0.3) is 11.8 Å². The number of ether oxygens (including phenoxy) is 1. The topological polar surface area (TPSA) is 111 Å². The van der Waals surface area contributed by atoms with E-state index < -0.39 is 28.3 Å². The van der Waals surface area contributed by atoms with E-state index in [0.29, 0.717) is 40.4 Å². The van der Waals surface area contributed by atoms with E-state index in [2.05, 4.69) is 14.9 Å². The van der Waals surface area contributed by atoms with Gasteiger partial charge in [0.05, 0.1) is 41.6 Å². The number of aryl methyl sites for hydroxylation is 1. The molecule has 3 N–H and O–H groups in total. The number of carbonyl (C=O) groups excluding carboxylic acids is 1. The largest absolute Gasteiger partial charge is 0.491 e. The molecule has 42 heavy (non-hydrogen) atoms. The van der Waals surface area contributed by atoms with Crippen LogP contribution < -0.4 is 24.6 Å². The lowest BCUT2D eigenvalue weighted by molar-refractivity contribution is -0.0221. The number of aliphatic hydroxyl groups excluding tert-OH is 1. The van der Waals surface area contributed by atoms with Crippen molar-refractivity contribution in [1.82, 2.24) is 0 Å². The van der Waals surface area contributed by atoms with E-state index in [1.54, 1.807) is 24.3 Å². The molecule has 1 amide bonds. The molecule has 0 unspecified atom stereocenters. The van der Waals surface area contributed by atoms with Gasteiger partial charge in [0, 0.05) is 44.7 Å². The van der Waals surface area contributed by atoms with Crippen molar-refractivity contribution in [2.24, 2.45) is 5.41 Å². The summed E-state index contributed by atoms with van der Waals surface area (Å²) in [6.45, 7) is 2.01. The fourth-order valence-corrected chi connectivity index (χ4v) is 7.17. The molecule has 1 aliphatic carbocycles. The number of fused-ring (bicyclic) bond motifs is 1. The number of halogens is 2. The number of carbonyl (C=O) groups is 1. The lowest BCUT2D eigenvalue weighted by atomic mass is 9.93. The molecule has 2 aromatic carbocycles. The van der Waals surface area contributed by atoms with Gasteiger partial charge in [0.15, 0.2) is 0 Å². The Balaban J connectivity index is 1.29. The normalized spacial score (nSPS) is 20.9. The highest BCUT2D eigenvalue weighted by Crippen LogP contribution is 2.54. The van der Waals surface area contributed by atoms with Crippen LogP contribution in [-0.4, -0.2) is 70.5 Å². The molecule has 3 aliphatic heterocycles. The number of nitrogens with one attached hydrogen (secondary N) is 2. The number of amides is 1. The molecule has 1 spiro atoms. The van der Waals surface area contributed by atoms with Gasteiger partial charge >= 0.3 is 0 Å². The van der Waals surface area contributed by atoms with E-state index in [1.165, 1.54) is 12.8 Å². The molecule has 0 atom stereocenters. The molecule has 9 nitrogen and oxygen atoms in total. The monoisotopic (exact) mass is 604 g/mol. The molecule has 0 aromatic heterocycles. The average Bonchev–Trinajstić information content (AvgIpc) is 3.71. The predicted octanol–water partition coefficient (Wildman–Crippen LogP) is 4.61. The van der Waals surface area contributed by atoms with Crippen molar-refractivity contribution in [2.45, 2.75) is 57.3 Å². The minimum absolute atomic E-state index is 0.203. The maximum Gasteiger partial charge on any atom is 0.257 e. The Labute approximate surface area is 245 Å². The van der Waals surface area contributed by atoms with Gasteiger partial charge < -0.3 is 25.0 Å². The van der Waals surface area contributed by atoms with Crippen LogP contribution in [-0.2, 0) is 16.4 Å². The second-order valence-corrected chi connectivity index (χ2v) is 13.9. The summed E-state index contributed by atoms with van der Waals surface area (Å²) in [5.41, 5.74) is 4.03. The Morgan fingerprint density at radius 1 is 0.929 bits per heavy atom. The van der Waals surface area contributed by atoms with E-state index in [0.717, 1.165) is 50.0 Å². The third kappa shape index (κ3) is 6.29. The Bertz CT molecular complexity index is 1440. The van der Waals surface area contributed by atoms with Crippen LogP contribution in [0.4, 0.5) is 31.5 Å². The molecule has 0 bridgehead atoms. The number of rotatable bonds is 8. The number of aliphatic hydroxyl groups is 1. The summed E-state index contributed by atoms with van der Waals surface area (Å²) in [6, 6.07) is 8.57. The van der Waals surface area contributed by atoms with Crippen molar-refractivity contribution in [3.05, 3.63) is 41.5 Å². The number of piperidine rings is 2. The summed E-state index contributed by atoms with van der Waals surface area (Å²) in [7, 11) is -3.74. The zero-order valence-electron chi connectivity index (χ0n) is 23.6. The summed E-state index contributed by atoms with van der Waals surface area (Å²) in [5.74, 6) is -2.73. The fraction of sp³-hybridized carbons (Fsp3) is 0.567. The number of anilines is 4. The quantitative estimate of drug-likeness (QED) is 0.404. The van der Waals surface area contributed by atoms with Crippen LogP contribution in [0.5, 0.6) is 5.75 Å². The first kappa shape index (κ1) is 29.0. The minimum Gasteiger partial charge on any atom is -0.491 e. The van der Waals surface area contributed by atoms with Gasteiger partial charge in [-0.2, -0.15) is 0 Å². The van der Waals surface area contributed by atoms with Gasteiger partial charge in [-0.25, -0.2) is 17.2 Å². The molecule has 0 radical (unpaired) electrons. The van der Waals surface area contributed by atoms with Gasteiger partial charge in [-0.3, -0.25) is 9.52 Å². The maximum absolute atomic E-state index is 13.9. The number of nitrogens with zero attached hydrogens (tertiary/aromatic N) is 2. The van der Waals surface area contributed by atoms with Gasteiger partial charge in [0.1, 0.15) is 5.75 Å². The summed E-state index contributed by atoms with van der Waals surface area (Å²) in [6.07, 6.45) is 5.65. The summed E-state index contributed by atoms with van der Waals surface area (Å²) in [5, 5.41) is 12.2. The molecular formula is C30H38F2N4O5S. The van der Waals surface area contributed by atoms with Crippen LogP contribution in [0.1, 0.15) is 60.9 Å². The van der Waals surface area contributed by atoms with Crippen LogP contribution in [0, 0.1) is 5.41 Å². The van der Waals surface area contributed by atoms with E-state index in [9.17, 15) is 22.0 Å². The van der Waals surface area contributed by atoms with Gasteiger partial charge in [-0.1, -0.05) is 0 Å². The average molecular weight is 605 g/mol. The first-order valence-corrected chi connectivity index (χ1v) is 16.4. The molecule has 228 valence electrons. The molecule has 2 aromatic rings. The maximum atomic E-state index is 13.9. The molecule has 3 heterocycles. The number of benzene rings is 2. The predicted molar refractivity (Wildman–Crippen MR) is 159 cm³/mol. The van der Waals surface area contributed by atoms with E-state index in [-0.39, 0.29) is 31.8 Å². The number of sulfonamides is 1. The Morgan fingerprint density at radius 3 is 2.29 bits per heavy atom. The molecule has 12 heteroatoms. The second kappa shape index (κ2) is 11.2. The van der Waals surface area contributed by atoms with Gasteiger partial charge in [0.2, 0.25) is 10.0 Å². The minimum atomic E-state index is -3.74. The molecule has 3 fully saturated rings. The zero-order valence-corrected chi connectivity index (χ0v) is 24.4. The highest BCUT2D eigenvalue weighted by molar-refractivity contribution is 7.92. The summed E-state index contributed by atoms with van der Waals surface area (Å²) >= 11 is 0. The summed E-state index contributed by atoms with van der Waals surface area (Å²) < 4.78 is 61.0. The molecular weight excluding hydrogens is 566 g/mol. The van der Waals surface area contributed by atoms with Crippen molar-refractivity contribution in [3.63, 3.8) is 0 Å². The number of alkyl halides is 2. The van der Waals surface area contributed by atoms with Crippen LogP contribution in [0.2, 0.25) is 0 Å². The van der Waals surface area contributed by atoms with Crippen LogP contribution in [0.25, 0.3) is 0 Å². The molecule has 1 saturated carbocycles. The van der Waals surface area contributed by atoms with Crippen molar-refractivity contribution in [2.75, 3.05) is 65.0 Å². The Hall–Kier alpha value is -3.12. The van der Waals surface area contributed by atoms with E-state index in [4.69, 9.17) is 9.84 Å². The lowest BCUT2D eigenvalue weighted by Gasteiger charge is -2.36. The van der Waals surface area contributed by atoms with Crippen molar-refractivity contribution < 1.29 is 31.8 Å². The SMILES string of the molecule is O=C(Nc1cc2c(c(N3CCC(F)(F)CC3)c1)OCCC2)c1ccc(NS(=O)(=O)CCO)cc1N1CCC2(CC1)CC2. The van der Waals surface area contributed by atoms with Crippen LogP contribution in [0.15, 0.2) is 30.3 Å². The van der Waals surface area contributed by atoms with Crippen molar-refractivity contribution >= 4 is 38.7 Å². The third-order valence-electron chi connectivity index (χ3n) is 9.07. The molecule has 4 aliphatic rings. The Morgan fingerprint density at radius 2 is 1.60 bits per heavy atom. The standard InChI is InChI=1S/C30H38F2N4O5S/c31-30(32)9-13-36(14-10-30)26-20-23(18-21-2-1-16-41-27(21)26)33-28(38)24-4-3-22(34-42(39,40)17-15-37)19-25(24)35-11-7-29(5-6-29)8-12-35/h3-4,18-20,34,37H,1-2,5-17H2,(H,33,38). The first-order chi connectivity index (χ1) is 20.1. The number of hydrogen-bond donors (Lipinski definition) is 3. The first-order valence-electron chi connectivity index (χ1n) is 14.8. The lowest BCUT2D eigenvalue weighted by Crippen LogP contribution is -2.39. The Kier molecular flexibility index (Phi) is 7.71. The highest BCUT2D eigenvalue weighted by Gasteiger charge is 2.44. The summed E-state index contributed by atoms with van der Waals surface area (Å²) in [4.78, 5) is 17.9. The van der Waals surface area contributed by atoms with E-state index in [1.807, 2.05) is 11.0 Å².